The van der Waals surface area contributed by atoms with Gasteiger partial charge in [-0.3, -0.25) is 0 Å². The Morgan fingerprint density at radius 2 is 1.79 bits per heavy atom. The van der Waals surface area contributed by atoms with Crippen LogP contribution in [0.15, 0.2) is 23.1 Å². The Balaban J connectivity index is 2.30. The summed E-state index contributed by atoms with van der Waals surface area (Å²) in [6, 6.07) is 3.77. The fourth-order valence-electron chi connectivity index (χ4n) is 2.24. The fourth-order valence-corrected chi connectivity index (χ4v) is 3.77. The van der Waals surface area contributed by atoms with Crippen molar-refractivity contribution in [1.82, 2.24) is 4.31 Å². The third-order valence-electron chi connectivity index (χ3n) is 3.33. The van der Waals surface area contributed by atoms with Crippen LogP contribution >= 0.6 is 0 Å². The number of methoxy groups -OCH3 is 1. The summed E-state index contributed by atoms with van der Waals surface area (Å²) >= 11 is 0. The molecule has 4 nitrogen and oxygen atoms in total. The normalized spacial score (nSPS) is 18.0. The number of nitrogens with zero attached hydrogens (tertiary/aromatic N) is 1. The highest BCUT2D eigenvalue weighted by molar-refractivity contribution is 7.89. The second-order valence-electron chi connectivity index (χ2n) is 4.61. The molecule has 0 atom stereocenters. The first-order chi connectivity index (χ1) is 9.05. The monoisotopic (exact) mass is 287 g/mol. The zero-order valence-corrected chi connectivity index (χ0v) is 11.7. The van der Waals surface area contributed by atoms with Gasteiger partial charge in [0.15, 0.2) is 11.6 Å². The van der Waals surface area contributed by atoms with Gasteiger partial charge in [0.05, 0.1) is 12.0 Å². The molecular formula is C13H18FNO3S. The van der Waals surface area contributed by atoms with Gasteiger partial charge in [-0.2, -0.15) is 4.31 Å². The number of ether oxygens (including phenoxy) is 1. The molecule has 1 fully saturated rings. The lowest BCUT2D eigenvalue weighted by molar-refractivity contribution is 0.384. The average Bonchev–Trinajstić information content (AvgIpc) is 2.67. The Bertz CT molecular complexity index is 537. The summed E-state index contributed by atoms with van der Waals surface area (Å²) in [5.41, 5.74) is 0. The first kappa shape index (κ1) is 14.3. The van der Waals surface area contributed by atoms with Gasteiger partial charge in [-0.05, 0) is 31.0 Å². The van der Waals surface area contributed by atoms with E-state index in [2.05, 4.69) is 0 Å². The van der Waals surface area contributed by atoms with Crippen molar-refractivity contribution in [3.05, 3.63) is 24.0 Å². The zero-order valence-electron chi connectivity index (χ0n) is 10.9. The molecule has 1 saturated heterocycles. The van der Waals surface area contributed by atoms with Crippen molar-refractivity contribution in [3.8, 4) is 5.75 Å². The molecule has 0 bridgehead atoms. The molecule has 1 aromatic carbocycles. The molecule has 1 heterocycles. The Labute approximate surface area is 113 Å². The number of halogens is 1. The van der Waals surface area contributed by atoms with Crippen LogP contribution in [-0.2, 0) is 10.0 Å². The number of hydrogen-bond acceptors (Lipinski definition) is 3. The van der Waals surface area contributed by atoms with Crippen LogP contribution in [0.25, 0.3) is 0 Å². The molecule has 1 aromatic rings. The van der Waals surface area contributed by atoms with E-state index in [1.165, 1.54) is 23.5 Å². The van der Waals surface area contributed by atoms with E-state index in [-0.39, 0.29) is 10.6 Å². The summed E-state index contributed by atoms with van der Waals surface area (Å²) in [7, 11) is -2.25. The molecule has 0 saturated carbocycles. The van der Waals surface area contributed by atoms with Crippen LogP contribution in [0.4, 0.5) is 4.39 Å². The summed E-state index contributed by atoms with van der Waals surface area (Å²) in [4.78, 5) is -0.00676. The molecule has 6 heteroatoms. The van der Waals surface area contributed by atoms with E-state index in [1.54, 1.807) is 0 Å². The van der Waals surface area contributed by atoms with Crippen LogP contribution in [0.3, 0.4) is 0 Å². The highest BCUT2D eigenvalue weighted by Crippen LogP contribution is 2.24. The molecule has 1 aliphatic heterocycles. The Morgan fingerprint density at radius 1 is 1.16 bits per heavy atom. The number of sulfonamides is 1. The Morgan fingerprint density at radius 3 is 2.32 bits per heavy atom. The maximum absolute atomic E-state index is 13.6. The molecule has 0 N–H and O–H groups in total. The lowest BCUT2D eigenvalue weighted by Crippen LogP contribution is -2.32. The summed E-state index contributed by atoms with van der Waals surface area (Å²) in [6.45, 7) is 1.02. The molecule has 0 amide bonds. The maximum Gasteiger partial charge on any atom is 0.243 e. The van der Waals surface area contributed by atoms with Crippen LogP contribution < -0.4 is 4.74 Å². The predicted octanol–water partition coefficient (Wildman–Crippen LogP) is 2.40. The van der Waals surface area contributed by atoms with E-state index >= 15 is 0 Å². The summed E-state index contributed by atoms with van der Waals surface area (Å²) in [6.07, 6.45) is 3.81. The van der Waals surface area contributed by atoms with Crippen molar-refractivity contribution in [2.24, 2.45) is 0 Å². The van der Waals surface area contributed by atoms with Crippen LogP contribution in [0, 0.1) is 5.82 Å². The van der Waals surface area contributed by atoms with E-state index in [1.807, 2.05) is 0 Å². The van der Waals surface area contributed by atoms with Crippen LogP contribution in [0.1, 0.15) is 25.7 Å². The van der Waals surface area contributed by atoms with E-state index in [0.29, 0.717) is 13.1 Å². The van der Waals surface area contributed by atoms with Crippen LogP contribution in [-0.4, -0.2) is 32.9 Å². The fraction of sp³-hybridized carbons (Fsp3) is 0.538. The topological polar surface area (TPSA) is 46.6 Å². The van der Waals surface area contributed by atoms with Crippen molar-refractivity contribution in [3.63, 3.8) is 0 Å². The lowest BCUT2D eigenvalue weighted by atomic mass is 10.2. The summed E-state index contributed by atoms with van der Waals surface area (Å²) in [5.74, 6) is -0.604. The lowest BCUT2D eigenvalue weighted by Gasteiger charge is -2.20. The SMILES string of the molecule is COc1ccc(S(=O)(=O)N2CCCCCC2)cc1F. The quantitative estimate of drug-likeness (QED) is 0.857. The smallest absolute Gasteiger partial charge is 0.243 e. The molecule has 0 aliphatic carbocycles. The molecule has 106 valence electrons. The van der Waals surface area contributed by atoms with Crippen LogP contribution in [0.2, 0.25) is 0 Å². The third-order valence-corrected chi connectivity index (χ3v) is 5.22. The average molecular weight is 287 g/mol. The second kappa shape index (κ2) is 5.88. The van der Waals surface area contributed by atoms with Gasteiger partial charge in [0.2, 0.25) is 10.0 Å². The Kier molecular flexibility index (Phi) is 4.42. The van der Waals surface area contributed by atoms with Crippen molar-refractivity contribution in [2.75, 3.05) is 20.2 Å². The zero-order chi connectivity index (χ0) is 13.9. The molecule has 0 unspecified atom stereocenters. The van der Waals surface area contributed by atoms with Crippen LogP contribution in [0.5, 0.6) is 5.75 Å². The van der Waals surface area contributed by atoms with E-state index in [9.17, 15) is 12.8 Å². The molecular weight excluding hydrogens is 269 g/mol. The number of benzene rings is 1. The highest BCUT2D eigenvalue weighted by atomic mass is 32.2. The predicted molar refractivity (Wildman–Crippen MR) is 70.2 cm³/mol. The highest BCUT2D eigenvalue weighted by Gasteiger charge is 2.25. The molecule has 0 aromatic heterocycles. The first-order valence-corrected chi connectivity index (χ1v) is 7.83. The second-order valence-corrected chi connectivity index (χ2v) is 6.55. The Hall–Kier alpha value is -1.14. The van der Waals surface area contributed by atoms with E-state index in [4.69, 9.17) is 4.74 Å². The minimum atomic E-state index is -3.60. The van der Waals surface area contributed by atoms with E-state index in [0.717, 1.165) is 31.7 Å². The van der Waals surface area contributed by atoms with Gasteiger partial charge in [-0.25, -0.2) is 12.8 Å². The van der Waals surface area contributed by atoms with Gasteiger partial charge in [-0.15, -0.1) is 0 Å². The standard InChI is InChI=1S/C13H18FNO3S/c1-18-13-7-6-11(10-12(13)14)19(16,17)15-8-4-2-3-5-9-15/h6-7,10H,2-5,8-9H2,1H3. The van der Waals surface area contributed by atoms with Gasteiger partial charge < -0.3 is 4.74 Å². The minimum absolute atomic E-state index is 0.00676. The molecule has 0 spiro atoms. The molecule has 0 radical (unpaired) electrons. The largest absolute Gasteiger partial charge is 0.494 e. The van der Waals surface area contributed by atoms with Crippen molar-refractivity contribution in [1.29, 1.82) is 0 Å². The van der Waals surface area contributed by atoms with Crippen molar-refractivity contribution < 1.29 is 17.5 Å². The van der Waals surface area contributed by atoms with Gasteiger partial charge in [0.25, 0.3) is 0 Å². The van der Waals surface area contributed by atoms with E-state index < -0.39 is 15.8 Å². The summed E-state index contributed by atoms with van der Waals surface area (Å²) in [5, 5.41) is 0. The van der Waals surface area contributed by atoms with Gasteiger partial charge >= 0.3 is 0 Å². The molecule has 1 aliphatic rings. The minimum Gasteiger partial charge on any atom is -0.494 e. The number of hydrogen-bond donors (Lipinski definition) is 0. The van der Waals surface area contributed by atoms with Gasteiger partial charge in [-0.1, -0.05) is 12.8 Å². The van der Waals surface area contributed by atoms with Crippen molar-refractivity contribution in [2.45, 2.75) is 30.6 Å². The molecule has 19 heavy (non-hydrogen) atoms. The first-order valence-electron chi connectivity index (χ1n) is 6.39. The molecule has 2 rings (SSSR count). The third kappa shape index (κ3) is 3.06. The van der Waals surface area contributed by atoms with Gasteiger partial charge in [0.1, 0.15) is 0 Å². The summed E-state index contributed by atoms with van der Waals surface area (Å²) < 4.78 is 44.7. The van der Waals surface area contributed by atoms with Crippen molar-refractivity contribution >= 4 is 10.0 Å². The number of rotatable bonds is 3. The maximum atomic E-state index is 13.6. The van der Waals surface area contributed by atoms with Gasteiger partial charge in [0, 0.05) is 13.1 Å².